The number of nitrogens with zero attached hydrogens (tertiary/aromatic N) is 4. The highest BCUT2D eigenvalue weighted by atomic mass is 16.2. The van der Waals surface area contributed by atoms with E-state index in [4.69, 9.17) is 0 Å². The third kappa shape index (κ3) is 2.44. The van der Waals surface area contributed by atoms with Crippen LogP contribution in [-0.4, -0.2) is 25.2 Å². The Balaban J connectivity index is 1.99. The van der Waals surface area contributed by atoms with Gasteiger partial charge in [-0.1, -0.05) is 30.3 Å². The van der Waals surface area contributed by atoms with Crippen LogP contribution in [0.4, 0.5) is 0 Å². The molecule has 0 spiro atoms. The van der Waals surface area contributed by atoms with Crippen molar-refractivity contribution in [3.63, 3.8) is 0 Å². The Morgan fingerprint density at radius 3 is 2.42 bits per heavy atom. The van der Waals surface area contributed by atoms with Gasteiger partial charge in [-0.2, -0.15) is 14.3 Å². The van der Waals surface area contributed by atoms with Gasteiger partial charge in [-0.25, -0.2) is 4.98 Å². The first-order valence-corrected chi connectivity index (χ1v) is 7.84. The maximum absolute atomic E-state index is 12.7. The van der Waals surface area contributed by atoms with Crippen molar-refractivity contribution in [1.29, 1.82) is 0 Å². The van der Waals surface area contributed by atoms with E-state index in [1.165, 1.54) is 6.92 Å². The molecule has 0 saturated carbocycles. The topological polar surface area (TPSA) is 98.4 Å². The summed E-state index contributed by atoms with van der Waals surface area (Å²) < 4.78 is 1.97. The normalized spacial score (nSPS) is 11.0. The van der Waals surface area contributed by atoms with Crippen molar-refractivity contribution in [2.75, 3.05) is 5.43 Å². The number of para-hydroxylation sites is 1. The molecule has 0 aliphatic carbocycles. The number of amides is 1. The quantitative estimate of drug-likeness (QED) is 0.548. The van der Waals surface area contributed by atoms with Crippen molar-refractivity contribution in [3.8, 4) is 0 Å². The summed E-state index contributed by atoms with van der Waals surface area (Å²) in [6.07, 6.45) is 0. The van der Waals surface area contributed by atoms with Gasteiger partial charge in [0.15, 0.2) is 0 Å². The lowest BCUT2D eigenvalue weighted by Gasteiger charge is -2.12. The number of carbonyl (C=O) groups excluding carboxylic acids is 1. The molecular formula is C18H13N5O3. The van der Waals surface area contributed by atoms with E-state index in [2.05, 4.69) is 15.5 Å². The van der Waals surface area contributed by atoms with E-state index in [-0.39, 0.29) is 11.5 Å². The van der Waals surface area contributed by atoms with E-state index < -0.39 is 17.0 Å². The summed E-state index contributed by atoms with van der Waals surface area (Å²) in [4.78, 5) is 42.0. The highest BCUT2D eigenvalue weighted by molar-refractivity contribution is 6.00. The van der Waals surface area contributed by atoms with Crippen LogP contribution in [0.3, 0.4) is 0 Å². The number of benzene rings is 2. The molecule has 0 saturated heterocycles. The van der Waals surface area contributed by atoms with Gasteiger partial charge in [-0.3, -0.25) is 19.8 Å². The van der Waals surface area contributed by atoms with E-state index in [1.54, 1.807) is 54.6 Å². The summed E-state index contributed by atoms with van der Waals surface area (Å²) in [5, 5.41) is 4.39. The van der Waals surface area contributed by atoms with E-state index in [1.807, 2.05) is 0 Å². The fraction of sp³-hybridized carbons (Fsp3) is 0.0556. The van der Waals surface area contributed by atoms with Crippen molar-refractivity contribution in [2.24, 2.45) is 0 Å². The summed E-state index contributed by atoms with van der Waals surface area (Å²) in [5.41, 5.74) is 2.36. The zero-order chi connectivity index (χ0) is 18.3. The molecule has 0 atom stereocenters. The molecule has 8 heteroatoms. The fourth-order valence-electron chi connectivity index (χ4n) is 2.65. The van der Waals surface area contributed by atoms with Gasteiger partial charge in [0.25, 0.3) is 22.8 Å². The summed E-state index contributed by atoms with van der Waals surface area (Å²) in [7, 11) is 0. The molecule has 4 aromatic rings. The average molecular weight is 347 g/mol. The molecule has 0 unspecified atom stereocenters. The standard InChI is InChI=1S/C18H13N5O3/c1-11-16(25)22(21-15(24)12-7-3-2-4-8-12)18-19-14-10-6-5-9-13(14)17(26)23(18)20-11/h2-10H,1H3,(H,21,24). The molecule has 8 nitrogen and oxygen atoms in total. The zero-order valence-corrected chi connectivity index (χ0v) is 13.7. The molecule has 1 N–H and O–H groups in total. The molecule has 0 aliphatic rings. The van der Waals surface area contributed by atoms with Gasteiger partial charge in [0.05, 0.1) is 10.9 Å². The highest BCUT2D eigenvalue weighted by Crippen LogP contribution is 2.07. The Labute approximate surface area is 146 Å². The Morgan fingerprint density at radius 2 is 1.65 bits per heavy atom. The van der Waals surface area contributed by atoms with Crippen LogP contribution in [0, 0.1) is 6.92 Å². The molecule has 26 heavy (non-hydrogen) atoms. The third-order valence-electron chi connectivity index (χ3n) is 3.95. The van der Waals surface area contributed by atoms with Gasteiger partial charge in [-0.05, 0) is 31.2 Å². The molecule has 2 heterocycles. The van der Waals surface area contributed by atoms with Crippen molar-refractivity contribution >= 4 is 22.6 Å². The number of carbonyl (C=O) groups is 1. The Kier molecular flexibility index (Phi) is 3.58. The fourth-order valence-corrected chi connectivity index (χ4v) is 2.65. The molecular weight excluding hydrogens is 334 g/mol. The van der Waals surface area contributed by atoms with E-state index >= 15 is 0 Å². The maximum atomic E-state index is 12.7. The smallest absolute Gasteiger partial charge is 0.267 e. The molecule has 2 aromatic heterocycles. The Morgan fingerprint density at radius 1 is 0.962 bits per heavy atom. The van der Waals surface area contributed by atoms with Crippen LogP contribution in [0.1, 0.15) is 16.1 Å². The van der Waals surface area contributed by atoms with Gasteiger partial charge in [0, 0.05) is 5.56 Å². The maximum Gasteiger partial charge on any atom is 0.295 e. The zero-order valence-electron chi connectivity index (χ0n) is 13.7. The van der Waals surface area contributed by atoms with Crippen LogP contribution in [-0.2, 0) is 0 Å². The van der Waals surface area contributed by atoms with Crippen LogP contribution in [0.2, 0.25) is 0 Å². The second-order valence-corrected chi connectivity index (χ2v) is 5.68. The van der Waals surface area contributed by atoms with Gasteiger partial charge in [-0.15, -0.1) is 0 Å². The second-order valence-electron chi connectivity index (χ2n) is 5.68. The number of hydrogen-bond donors (Lipinski definition) is 1. The minimum atomic E-state index is -0.559. The lowest BCUT2D eigenvalue weighted by atomic mass is 10.2. The van der Waals surface area contributed by atoms with Crippen molar-refractivity contribution in [3.05, 3.63) is 86.6 Å². The van der Waals surface area contributed by atoms with Gasteiger partial charge in [0.2, 0.25) is 0 Å². The average Bonchev–Trinajstić information content (AvgIpc) is 2.67. The molecule has 2 aromatic carbocycles. The Hall–Kier alpha value is -3.81. The third-order valence-corrected chi connectivity index (χ3v) is 3.95. The number of aryl methyl sites for hydroxylation is 1. The number of aromatic nitrogens is 4. The summed E-state index contributed by atoms with van der Waals surface area (Å²) >= 11 is 0. The monoisotopic (exact) mass is 347 g/mol. The number of fused-ring (bicyclic) bond motifs is 2. The number of nitrogens with one attached hydrogen (secondary N) is 1. The lowest BCUT2D eigenvalue weighted by Crippen LogP contribution is -2.39. The highest BCUT2D eigenvalue weighted by Gasteiger charge is 2.16. The molecule has 128 valence electrons. The van der Waals surface area contributed by atoms with Crippen LogP contribution in [0.5, 0.6) is 0 Å². The van der Waals surface area contributed by atoms with E-state index in [9.17, 15) is 14.4 Å². The first-order chi connectivity index (χ1) is 12.6. The second kappa shape index (κ2) is 5.92. The minimum Gasteiger partial charge on any atom is -0.267 e. The molecule has 0 aliphatic heterocycles. The summed E-state index contributed by atoms with van der Waals surface area (Å²) in [5.74, 6) is -0.559. The Bertz CT molecular complexity index is 1280. The number of hydrogen-bond acceptors (Lipinski definition) is 5. The minimum absolute atomic E-state index is 0.0602. The van der Waals surface area contributed by atoms with Gasteiger partial charge >= 0.3 is 0 Å². The van der Waals surface area contributed by atoms with Crippen molar-refractivity contribution in [1.82, 2.24) is 19.3 Å². The first kappa shape index (κ1) is 15.7. The molecule has 0 bridgehead atoms. The predicted molar refractivity (Wildman–Crippen MR) is 95.9 cm³/mol. The van der Waals surface area contributed by atoms with Crippen molar-refractivity contribution in [2.45, 2.75) is 6.92 Å². The van der Waals surface area contributed by atoms with E-state index in [0.717, 1.165) is 9.19 Å². The molecule has 1 amide bonds. The first-order valence-electron chi connectivity index (χ1n) is 7.84. The largest absolute Gasteiger partial charge is 0.295 e. The van der Waals surface area contributed by atoms with Gasteiger partial charge < -0.3 is 0 Å². The molecule has 4 rings (SSSR count). The molecule has 0 fully saturated rings. The van der Waals surface area contributed by atoms with Crippen LogP contribution < -0.4 is 16.5 Å². The summed E-state index contributed by atoms with van der Waals surface area (Å²) in [6, 6.07) is 15.2. The van der Waals surface area contributed by atoms with Crippen LogP contribution in [0.25, 0.3) is 16.7 Å². The lowest BCUT2D eigenvalue weighted by molar-refractivity contribution is 0.101. The molecule has 0 radical (unpaired) electrons. The predicted octanol–water partition coefficient (Wildman–Crippen LogP) is 1.10. The SMILES string of the molecule is Cc1nn2c(=O)c3ccccc3nc2n(NC(=O)c2ccccc2)c1=O. The summed E-state index contributed by atoms with van der Waals surface area (Å²) in [6.45, 7) is 1.47. The number of rotatable bonds is 2. The van der Waals surface area contributed by atoms with Crippen LogP contribution in [0.15, 0.2) is 64.2 Å². The van der Waals surface area contributed by atoms with Crippen LogP contribution >= 0.6 is 0 Å². The van der Waals surface area contributed by atoms with E-state index in [0.29, 0.717) is 16.5 Å². The van der Waals surface area contributed by atoms with Crippen molar-refractivity contribution < 1.29 is 4.79 Å². The van der Waals surface area contributed by atoms with Gasteiger partial charge in [0.1, 0.15) is 5.69 Å².